The van der Waals surface area contributed by atoms with E-state index in [-0.39, 0.29) is 37.4 Å². The van der Waals surface area contributed by atoms with Crippen molar-refractivity contribution in [1.82, 2.24) is 0 Å². The fraction of sp³-hybridized carbons (Fsp3) is 0.774. The summed E-state index contributed by atoms with van der Waals surface area (Å²) in [5, 5.41) is 0. The maximum Gasteiger partial charge on any atom is 0.331 e. The smallest absolute Gasteiger partial charge is 0.331 e. The van der Waals surface area contributed by atoms with Gasteiger partial charge in [-0.1, -0.05) is 27.7 Å². The van der Waals surface area contributed by atoms with E-state index in [1.807, 2.05) is 13.8 Å². The van der Waals surface area contributed by atoms with Crippen LogP contribution in [0.5, 0.6) is 0 Å². The second-order valence-electron chi connectivity index (χ2n) is 12.8. The van der Waals surface area contributed by atoms with Gasteiger partial charge in [0.2, 0.25) is 0 Å². The lowest BCUT2D eigenvalue weighted by molar-refractivity contribution is -0.259. The normalized spacial score (nSPS) is 36.5. The number of rotatable bonds is 10. The molecule has 0 radical (unpaired) electrons. The van der Waals surface area contributed by atoms with Crippen molar-refractivity contribution in [3.05, 3.63) is 11.6 Å². The zero-order valence-electron chi connectivity index (χ0n) is 25.7. The monoisotopic (exact) mass is 592 g/mol. The molecule has 1 spiro atoms. The van der Waals surface area contributed by atoms with Gasteiger partial charge in [-0.15, -0.1) is 0 Å². The number of epoxide rings is 1. The first-order valence-corrected chi connectivity index (χ1v) is 14.9. The van der Waals surface area contributed by atoms with E-state index in [9.17, 15) is 24.0 Å². The maximum absolute atomic E-state index is 13.1. The molecule has 1 saturated heterocycles. The van der Waals surface area contributed by atoms with E-state index in [2.05, 4.69) is 6.92 Å². The molecule has 0 unspecified atom stereocenters. The minimum atomic E-state index is -1.05. The summed E-state index contributed by atoms with van der Waals surface area (Å²) in [6, 6.07) is 0. The van der Waals surface area contributed by atoms with E-state index in [0.717, 1.165) is 0 Å². The van der Waals surface area contributed by atoms with Crippen LogP contribution in [0.1, 0.15) is 80.6 Å². The molecule has 0 N–H and O–H groups in total. The Morgan fingerprint density at radius 3 is 2.29 bits per heavy atom. The van der Waals surface area contributed by atoms with E-state index in [0.29, 0.717) is 37.9 Å². The van der Waals surface area contributed by atoms with Crippen molar-refractivity contribution in [3.8, 4) is 0 Å². The molecule has 0 aromatic rings. The van der Waals surface area contributed by atoms with Gasteiger partial charge in [-0.2, -0.15) is 0 Å². The molecule has 11 nitrogen and oxygen atoms in total. The van der Waals surface area contributed by atoms with Crippen molar-refractivity contribution in [2.45, 2.75) is 104 Å². The molecule has 2 heterocycles. The Morgan fingerprint density at radius 2 is 1.76 bits per heavy atom. The average molecular weight is 593 g/mol. The van der Waals surface area contributed by atoms with Crippen molar-refractivity contribution < 1.29 is 52.4 Å². The first kappa shape index (κ1) is 32.0. The van der Waals surface area contributed by atoms with Gasteiger partial charge in [0.15, 0.2) is 0 Å². The minimum absolute atomic E-state index is 0.00149. The van der Waals surface area contributed by atoms with Gasteiger partial charge < -0.3 is 28.4 Å². The number of fused-ring (bicyclic) bond motifs is 2. The van der Waals surface area contributed by atoms with Gasteiger partial charge in [-0.25, -0.2) is 4.79 Å². The van der Waals surface area contributed by atoms with E-state index in [1.54, 1.807) is 6.92 Å². The van der Waals surface area contributed by atoms with Crippen LogP contribution < -0.4 is 0 Å². The summed E-state index contributed by atoms with van der Waals surface area (Å²) in [7, 11) is 0. The summed E-state index contributed by atoms with van der Waals surface area (Å²) in [6.45, 7) is 12.0. The SMILES string of the molecule is CC[C@@H](C)C(=O)O[C@@H](C[C@@]1(C)[C@H](C)C[C@H](OC(C)=O)[C@]2(COC(C)=O)[C@@H]1[C@H](OC(C)=O)CC[C@]21CO1)C1=CC(=O)OC1. The van der Waals surface area contributed by atoms with E-state index in [1.165, 1.54) is 26.8 Å². The number of cyclic esters (lactones) is 1. The predicted molar refractivity (Wildman–Crippen MR) is 146 cm³/mol. The lowest BCUT2D eigenvalue weighted by atomic mass is 9.42. The number of carbonyl (C=O) groups is 5. The molecule has 0 bridgehead atoms. The van der Waals surface area contributed by atoms with Gasteiger partial charge in [-0.3, -0.25) is 19.2 Å². The minimum Gasteiger partial charge on any atom is -0.465 e. The Morgan fingerprint density at radius 1 is 1.10 bits per heavy atom. The second kappa shape index (κ2) is 12.0. The van der Waals surface area contributed by atoms with Crippen LogP contribution in [0.4, 0.5) is 0 Å². The summed E-state index contributed by atoms with van der Waals surface area (Å²) >= 11 is 0. The van der Waals surface area contributed by atoms with Gasteiger partial charge in [0.25, 0.3) is 0 Å². The summed E-state index contributed by atoms with van der Waals surface area (Å²) < 4.78 is 35.2. The molecule has 9 atom stereocenters. The van der Waals surface area contributed by atoms with Gasteiger partial charge in [0, 0.05) is 38.3 Å². The second-order valence-corrected chi connectivity index (χ2v) is 12.8. The maximum atomic E-state index is 13.1. The zero-order chi connectivity index (χ0) is 31.0. The van der Waals surface area contributed by atoms with Gasteiger partial charge in [0.05, 0.1) is 17.9 Å². The van der Waals surface area contributed by atoms with Gasteiger partial charge >= 0.3 is 29.8 Å². The van der Waals surface area contributed by atoms with E-state index in [4.69, 9.17) is 28.4 Å². The highest BCUT2D eigenvalue weighted by Gasteiger charge is 2.77. The molecular weight excluding hydrogens is 548 g/mol. The van der Waals surface area contributed by atoms with Crippen molar-refractivity contribution >= 4 is 29.8 Å². The fourth-order valence-electron chi connectivity index (χ4n) is 7.71. The first-order chi connectivity index (χ1) is 19.7. The molecule has 2 aliphatic carbocycles. The highest BCUT2D eigenvalue weighted by atomic mass is 16.6. The largest absolute Gasteiger partial charge is 0.465 e. The topological polar surface area (TPSA) is 144 Å². The quantitative estimate of drug-likeness (QED) is 0.209. The first-order valence-electron chi connectivity index (χ1n) is 14.9. The Bertz CT molecular complexity index is 1140. The predicted octanol–water partition coefficient (Wildman–Crippen LogP) is 3.46. The molecule has 0 amide bonds. The number of ether oxygens (including phenoxy) is 6. The highest BCUT2D eigenvalue weighted by Crippen LogP contribution is 2.69. The average Bonchev–Trinajstić information content (AvgIpc) is 3.56. The lowest BCUT2D eigenvalue weighted by Crippen LogP contribution is -2.71. The number of hydrogen-bond donors (Lipinski definition) is 0. The number of carbonyl (C=O) groups excluding carboxylic acids is 5. The van der Waals surface area contributed by atoms with Crippen LogP contribution in [0.15, 0.2) is 11.6 Å². The Labute approximate surface area is 246 Å². The van der Waals surface area contributed by atoms with Gasteiger partial charge in [0.1, 0.15) is 37.1 Å². The summed E-state index contributed by atoms with van der Waals surface area (Å²) in [5.74, 6) is -3.36. The third kappa shape index (κ3) is 5.81. The van der Waals surface area contributed by atoms with Crippen molar-refractivity contribution in [3.63, 3.8) is 0 Å². The molecule has 4 aliphatic rings. The van der Waals surface area contributed by atoms with Crippen molar-refractivity contribution in [1.29, 1.82) is 0 Å². The molecule has 234 valence electrons. The third-order valence-electron chi connectivity index (χ3n) is 10.2. The summed E-state index contributed by atoms with van der Waals surface area (Å²) in [4.78, 5) is 62.3. The number of esters is 5. The van der Waals surface area contributed by atoms with Crippen LogP contribution in [0, 0.1) is 28.6 Å². The molecule has 2 aliphatic heterocycles. The van der Waals surface area contributed by atoms with E-state index >= 15 is 0 Å². The van der Waals surface area contributed by atoms with Crippen LogP contribution in [-0.2, 0) is 52.4 Å². The molecule has 42 heavy (non-hydrogen) atoms. The van der Waals surface area contributed by atoms with E-state index < -0.39 is 64.5 Å². The molecule has 0 aromatic heterocycles. The molecule has 11 heteroatoms. The molecule has 4 rings (SSSR count). The van der Waals surface area contributed by atoms with Crippen LogP contribution in [0.2, 0.25) is 0 Å². The fourth-order valence-corrected chi connectivity index (χ4v) is 7.71. The Balaban J connectivity index is 1.87. The van der Waals surface area contributed by atoms with Gasteiger partial charge in [-0.05, 0) is 43.4 Å². The Hall–Kier alpha value is -2.95. The van der Waals surface area contributed by atoms with Crippen molar-refractivity contribution in [2.75, 3.05) is 19.8 Å². The van der Waals surface area contributed by atoms with Crippen LogP contribution in [0.25, 0.3) is 0 Å². The molecule has 0 aromatic carbocycles. The molecule has 2 saturated carbocycles. The molecule has 3 fully saturated rings. The highest BCUT2D eigenvalue weighted by molar-refractivity contribution is 5.85. The summed E-state index contributed by atoms with van der Waals surface area (Å²) in [5.41, 5.74) is -2.00. The number of hydrogen-bond acceptors (Lipinski definition) is 11. The molecular formula is C31H44O11. The Kier molecular flexibility index (Phi) is 9.11. The third-order valence-corrected chi connectivity index (χ3v) is 10.2. The standard InChI is InChI=1S/C31H44O11/c1-8-17(2)28(36)42-24(22-12-26(35)37-14-22)13-29(7)18(3)11-25(41-21(6)34)31(16-38-19(4)32)27(29)23(40-20(5)33)9-10-30(31)15-39-30/h12,17-18,23-25,27H,8-11,13-16H2,1-7H3/t17-,18-,23-,24+,25+,27-,29+,30+,31-/m1/s1. The van der Waals surface area contributed by atoms with Crippen LogP contribution in [0.3, 0.4) is 0 Å². The van der Waals surface area contributed by atoms with Crippen LogP contribution >= 0.6 is 0 Å². The summed E-state index contributed by atoms with van der Waals surface area (Å²) in [6.07, 6.45) is 1.53. The van der Waals surface area contributed by atoms with Crippen molar-refractivity contribution in [2.24, 2.45) is 28.6 Å². The van der Waals surface area contributed by atoms with Crippen LogP contribution in [-0.4, -0.2) is 73.6 Å². The lowest BCUT2D eigenvalue weighted by Gasteiger charge is -2.64. The zero-order valence-corrected chi connectivity index (χ0v) is 25.7.